The Labute approximate surface area is 103 Å². The van der Waals surface area contributed by atoms with E-state index in [0.29, 0.717) is 5.16 Å². The number of aromatic amines is 1. The highest BCUT2D eigenvalue weighted by Crippen LogP contribution is 2.20. The van der Waals surface area contributed by atoms with Crippen molar-refractivity contribution in [1.29, 1.82) is 0 Å². The van der Waals surface area contributed by atoms with Gasteiger partial charge in [-0.15, -0.1) is 5.10 Å². The van der Waals surface area contributed by atoms with Crippen LogP contribution in [-0.4, -0.2) is 32.0 Å². The van der Waals surface area contributed by atoms with Gasteiger partial charge in [0.1, 0.15) is 5.54 Å². The van der Waals surface area contributed by atoms with Crippen molar-refractivity contribution in [3.63, 3.8) is 0 Å². The number of primary amides is 1. The molecule has 0 fully saturated rings. The SMILES string of the molecule is CC(C)n1c(SCC(C)(N)C(N)=O)n[nH]c1=O. The van der Waals surface area contributed by atoms with Crippen molar-refractivity contribution >= 4 is 17.7 Å². The minimum absolute atomic E-state index is 0.0126. The van der Waals surface area contributed by atoms with Crippen LogP contribution in [0.15, 0.2) is 9.95 Å². The molecule has 1 amide bonds. The van der Waals surface area contributed by atoms with Gasteiger partial charge < -0.3 is 11.5 Å². The maximum Gasteiger partial charge on any atom is 0.344 e. The first-order chi connectivity index (χ1) is 7.75. The van der Waals surface area contributed by atoms with Crippen molar-refractivity contribution < 1.29 is 4.79 Å². The van der Waals surface area contributed by atoms with Crippen LogP contribution in [0.5, 0.6) is 0 Å². The van der Waals surface area contributed by atoms with Gasteiger partial charge >= 0.3 is 5.69 Å². The van der Waals surface area contributed by atoms with Crippen LogP contribution < -0.4 is 17.2 Å². The molecule has 1 aromatic rings. The number of nitrogens with zero attached hydrogens (tertiary/aromatic N) is 2. The third-order valence-electron chi connectivity index (χ3n) is 2.25. The zero-order valence-corrected chi connectivity index (χ0v) is 10.9. The number of amides is 1. The normalized spacial score (nSPS) is 14.9. The fourth-order valence-corrected chi connectivity index (χ4v) is 2.25. The maximum absolute atomic E-state index is 11.4. The molecule has 1 aromatic heterocycles. The van der Waals surface area contributed by atoms with Gasteiger partial charge in [-0.1, -0.05) is 11.8 Å². The molecule has 0 aliphatic rings. The van der Waals surface area contributed by atoms with Gasteiger partial charge in [0, 0.05) is 11.8 Å². The quantitative estimate of drug-likeness (QED) is 0.613. The fraction of sp³-hybridized carbons (Fsp3) is 0.667. The minimum Gasteiger partial charge on any atom is -0.368 e. The van der Waals surface area contributed by atoms with Crippen molar-refractivity contribution in [2.24, 2.45) is 11.5 Å². The van der Waals surface area contributed by atoms with E-state index in [2.05, 4.69) is 10.2 Å². The minimum atomic E-state index is -1.12. The molecule has 0 saturated heterocycles. The zero-order chi connectivity index (χ0) is 13.2. The topological polar surface area (TPSA) is 120 Å². The number of rotatable bonds is 5. The number of hydrogen-bond acceptors (Lipinski definition) is 5. The molecule has 1 rings (SSSR count). The van der Waals surface area contributed by atoms with E-state index in [-0.39, 0.29) is 17.5 Å². The third-order valence-corrected chi connectivity index (χ3v) is 3.54. The van der Waals surface area contributed by atoms with Crippen LogP contribution in [0.25, 0.3) is 0 Å². The molecule has 1 atom stereocenters. The number of nitrogens with two attached hydrogens (primary N) is 2. The average Bonchev–Trinajstić information content (AvgIpc) is 2.56. The molecule has 1 unspecified atom stereocenters. The summed E-state index contributed by atoms with van der Waals surface area (Å²) in [5.74, 6) is -0.321. The van der Waals surface area contributed by atoms with E-state index in [1.165, 1.54) is 16.3 Å². The van der Waals surface area contributed by atoms with Gasteiger partial charge in [0.15, 0.2) is 5.16 Å². The third kappa shape index (κ3) is 3.10. The lowest BCUT2D eigenvalue weighted by atomic mass is 10.1. The van der Waals surface area contributed by atoms with Gasteiger partial charge in [-0.2, -0.15) is 0 Å². The van der Waals surface area contributed by atoms with Gasteiger partial charge in [0.05, 0.1) is 0 Å². The fourth-order valence-electron chi connectivity index (χ4n) is 1.13. The van der Waals surface area contributed by atoms with E-state index in [1.807, 2.05) is 13.8 Å². The summed E-state index contributed by atoms with van der Waals surface area (Å²) in [6, 6.07) is -0.0126. The molecular weight excluding hydrogens is 242 g/mol. The molecule has 0 spiro atoms. The smallest absolute Gasteiger partial charge is 0.344 e. The van der Waals surface area contributed by atoms with Crippen molar-refractivity contribution in [1.82, 2.24) is 14.8 Å². The Bertz CT molecular complexity index is 462. The maximum atomic E-state index is 11.4. The lowest BCUT2D eigenvalue weighted by Gasteiger charge is -2.19. The molecular formula is C9H17N5O2S. The van der Waals surface area contributed by atoms with E-state index in [9.17, 15) is 9.59 Å². The molecule has 0 aromatic carbocycles. The second-order valence-electron chi connectivity index (χ2n) is 4.35. The van der Waals surface area contributed by atoms with E-state index in [4.69, 9.17) is 11.5 Å². The number of aromatic nitrogens is 3. The van der Waals surface area contributed by atoms with Crippen LogP contribution in [0.2, 0.25) is 0 Å². The Morgan fingerprint density at radius 1 is 1.65 bits per heavy atom. The van der Waals surface area contributed by atoms with E-state index >= 15 is 0 Å². The first kappa shape index (κ1) is 13.8. The van der Waals surface area contributed by atoms with Crippen LogP contribution >= 0.6 is 11.8 Å². The molecule has 96 valence electrons. The second-order valence-corrected chi connectivity index (χ2v) is 5.29. The van der Waals surface area contributed by atoms with E-state index < -0.39 is 11.4 Å². The van der Waals surface area contributed by atoms with Crippen LogP contribution in [0.4, 0.5) is 0 Å². The number of hydrogen-bond donors (Lipinski definition) is 3. The van der Waals surface area contributed by atoms with Gasteiger partial charge in [-0.25, -0.2) is 9.89 Å². The van der Waals surface area contributed by atoms with Gasteiger partial charge in [-0.3, -0.25) is 9.36 Å². The largest absolute Gasteiger partial charge is 0.368 e. The highest BCUT2D eigenvalue weighted by Gasteiger charge is 2.27. The highest BCUT2D eigenvalue weighted by atomic mass is 32.2. The van der Waals surface area contributed by atoms with Crippen molar-refractivity contribution in [2.45, 2.75) is 37.5 Å². The summed E-state index contributed by atoms with van der Waals surface area (Å²) >= 11 is 1.23. The Kier molecular flexibility index (Phi) is 3.99. The molecule has 0 radical (unpaired) electrons. The Morgan fingerprint density at radius 2 is 2.24 bits per heavy atom. The molecule has 0 saturated carbocycles. The lowest BCUT2D eigenvalue weighted by Crippen LogP contribution is -2.51. The lowest BCUT2D eigenvalue weighted by molar-refractivity contribution is -0.121. The number of carbonyl (C=O) groups excluding carboxylic acids is 1. The van der Waals surface area contributed by atoms with Crippen molar-refractivity contribution in [2.75, 3.05) is 5.75 Å². The molecule has 17 heavy (non-hydrogen) atoms. The van der Waals surface area contributed by atoms with Gasteiger partial charge in [0.2, 0.25) is 5.91 Å². The van der Waals surface area contributed by atoms with E-state index in [0.717, 1.165) is 0 Å². The summed E-state index contributed by atoms with van der Waals surface area (Å²) in [4.78, 5) is 22.5. The summed E-state index contributed by atoms with van der Waals surface area (Å²) in [6.07, 6.45) is 0. The second kappa shape index (κ2) is 4.92. The van der Waals surface area contributed by atoms with Gasteiger partial charge in [0.25, 0.3) is 0 Å². The van der Waals surface area contributed by atoms with Crippen LogP contribution in [0.1, 0.15) is 26.8 Å². The highest BCUT2D eigenvalue weighted by molar-refractivity contribution is 7.99. The molecule has 1 heterocycles. The van der Waals surface area contributed by atoms with Crippen molar-refractivity contribution in [3.05, 3.63) is 10.5 Å². The summed E-state index contributed by atoms with van der Waals surface area (Å²) in [6.45, 7) is 5.29. The predicted octanol–water partition coefficient (Wildman–Crippen LogP) is -0.553. The number of nitrogens with one attached hydrogen (secondary N) is 1. The van der Waals surface area contributed by atoms with Crippen molar-refractivity contribution in [3.8, 4) is 0 Å². The molecule has 7 nitrogen and oxygen atoms in total. The first-order valence-corrected chi connectivity index (χ1v) is 6.12. The summed E-state index contributed by atoms with van der Waals surface area (Å²) in [5, 5.41) is 6.75. The van der Waals surface area contributed by atoms with Crippen LogP contribution in [0, 0.1) is 0 Å². The number of thioether (sulfide) groups is 1. The first-order valence-electron chi connectivity index (χ1n) is 5.14. The monoisotopic (exact) mass is 259 g/mol. The summed E-state index contributed by atoms with van der Waals surface area (Å²) in [5.41, 5.74) is 9.48. The van der Waals surface area contributed by atoms with Crippen LogP contribution in [-0.2, 0) is 4.79 Å². The average molecular weight is 259 g/mol. The standard InChI is InChI=1S/C9H17N5O2S/c1-5(2)14-7(16)12-13-8(14)17-4-9(3,11)6(10)15/h5H,4,11H2,1-3H3,(H2,10,15)(H,12,16). The van der Waals surface area contributed by atoms with Gasteiger partial charge in [-0.05, 0) is 20.8 Å². The number of carbonyl (C=O) groups is 1. The zero-order valence-electron chi connectivity index (χ0n) is 10.1. The predicted molar refractivity (Wildman–Crippen MR) is 65.7 cm³/mol. The number of H-pyrrole nitrogens is 1. The Balaban J connectivity index is 2.84. The molecule has 0 aliphatic heterocycles. The Morgan fingerprint density at radius 3 is 2.71 bits per heavy atom. The summed E-state index contributed by atoms with van der Waals surface area (Å²) in [7, 11) is 0. The molecule has 8 heteroatoms. The van der Waals surface area contributed by atoms with E-state index in [1.54, 1.807) is 6.92 Å². The van der Waals surface area contributed by atoms with Crippen LogP contribution in [0.3, 0.4) is 0 Å². The summed E-state index contributed by atoms with van der Waals surface area (Å²) < 4.78 is 1.50. The molecule has 5 N–H and O–H groups in total. The molecule has 0 bridgehead atoms. The Hall–Kier alpha value is -1.28. The molecule has 0 aliphatic carbocycles.